The number of carbonyl (C=O) groups excluding carboxylic acids is 1. The lowest BCUT2D eigenvalue weighted by atomic mass is 10.1. The molecule has 1 aromatic rings. The fourth-order valence-corrected chi connectivity index (χ4v) is 2.02. The topological polar surface area (TPSA) is 46.3 Å². The van der Waals surface area contributed by atoms with Crippen molar-refractivity contribution in [2.75, 3.05) is 6.54 Å². The molecule has 1 amide bonds. The molecule has 0 spiro atoms. The first kappa shape index (κ1) is 12.1. The summed E-state index contributed by atoms with van der Waals surface area (Å²) in [6.07, 6.45) is 1.66. The Morgan fingerprint density at radius 3 is 2.71 bits per heavy atom. The van der Waals surface area contributed by atoms with Crippen LogP contribution in [0.4, 0.5) is 0 Å². The third-order valence-electron chi connectivity index (χ3n) is 3.34. The Morgan fingerprint density at radius 2 is 2.18 bits per heavy atom. The molecule has 3 nitrogen and oxygen atoms in total. The molecule has 1 saturated carbocycles. The van der Waals surface area contributed by atoms with Gasteiger partial charge < -0.3 is 10.6 Å². The van der Waals surface area contributed by atoms with E-state index in [0.29, 0.717) is 13.1 Å². The zero-order chi connectivity index (χ0) is 12.5. The second kappa shape index (κ2) is 4.49. The van der Waals surface area contributed by atoms with Crippen molar-refractivity contribution < 1.29 is 4.79 Å². The summed E-state index contributed by atoms with van der Waals surface area (Å²) in [5.74, 6) is 0.0986. The highest BCUT2D eigenvalue weighted by Gasteiger charge is 2.47. The molecule has 0 atom stereocenters. The zero-order valence-electron chi connectivity index (χ0n) is 10.6. The molecule has 0 heterocycles. The molecular weight excluding hydrogens is 212 g/mol. The fourth-order valence-electron chi connectivity index (χ4n) is 2.02. The van der Waals surface area contributed by atoms with Crippen molar-refractivity contribution in [3.63, 3.8) is 0 Å². The maximum atomic E-state index is 12.1. The molecule has 1 fully saturated rings. The van der Waals surface area contributed by atoms with E-state index in [9.17, 15) is 4.79 Å². The Balaban J connectivity index is 2.07. The Morgan fingerprint density at radius 1 is 1.47 bits per heavy atom. The standard InChI is InChI=1S/C14H20N2O/c1-3-16(13(17)14(15)7-8-14)10-12-6-4-5-11(2)9-12/h4-6,9H,3,7-8,10,15H2,1-2H3. The number of hydrogen-bond acceptors (Lipinski definition) is 2. The highest BCUT2D eigenvalue weighted by molar-refractivity contribution is 5.89. The second-order valence-corrected chi connectivity index (χ2v) is 4.96. The largest absolute Gasteiger partial charge is 0.337 e. The number of nitrogens with two attached hydrogens (primary N) is 1. The van der Waals surface area contributed by atoms with Crippen LogP contribution in [-0.2, 0) is 11.3 Å². The smallest absolute Gasteiger partial charge is 0.242 e. The molecular formula is C14H20N2O. The number of aryl methyl sites for hydroxylation is 1. The highest BCUT2D eigenvalue weighted by Crippen LogP contribution is 2.34. The summed E-state index contributed by atoms with van der Waals surface area (Å²) in [4.78, 5) is 14.0. The van der Waals surface area contributed by atoms with Gasteiger partial charge in [-0.2, -0.15) is 0 Å². The van der Waals surface area contributed by atoms with Crippen molar-refractivity contribution in [3.05, 3.63) is 35.4 Å². The van der Waals surface area contributed by atoms with E-state index in [1.54, 1.807) is 0 Å². The van der Waals surface area contributed by atoms with Crippen molar-refractivity contribution in [2.45, 2.75) is 38.8 Å². The van der Waals surface area contributed by atoms with Crippen molar-refractivity contribution in [2.24, 2.45) is 5.73 Å². The number of hydrogen-bond donors (Lipinski definition) is 1. The molecule has 0 aliphatic heterocycles. The predicted octanol–water partition coefficient (Wildman–Crippen LogP) is 1.83. The van der Waals surface area contributed by atoms with Gasteiger partial charge in [-0.25, -0.2) is 0 Å². The first-order valence-electron chi connectivity index (χ1n) is 6.19. The van der Waals surface area contributed by atoms with Gasteiger partial charge in [0.1, 0.15) is 0 Å². The maximum absolute atomic E-state index is 12.1. The van der Waals surface area contributed by atoms with E-state index in [4.69, 9.17) is 5.73 Å². The third kappa shape index (κ3) is 2.67. The number of nitrogens with zero attached hydrogens (tertiary/aromatic N) is 1. The quantitative estimate of drug-likeness (QED) is 0.861. The van der Waals surface area contributed by atoms with Gasteiger partial charge in [0.2, 0.25) is 5.91 Å². The van der Waals surface area contributed by atoms with Gasteiger partial charge in [-0.05, 0) is 32.3 Å². The number of likely N-dealkylation sites (N-methyl/N-ethyl adjacent to an activating group) is 1. The zero-order valence-corrected chi connectivity index (χ0v) is 10.6. The lowest BCUT2D eigenvalue weighted by Gasteiger charge is -2.24. The summed E-state index contributed by atoms with van der Waals surface area (Å²) in [6.45, 7) is 5.44. The van der Waals surface area contributed by atoms with Gasteiger partial charge in [-0.1, -0.05) is 29.8 Å². The van der Waals surface area contributed by atoms with Crippen LogP contribution >= 0.6 is 0 Å². The fraction of sp³-hybridized carbons (Fsp3) is 0.500. The lowest BCUT2D eigenvalue weighted by Crippen LogP contribution is -2.45. The molecule has 1 aliphatic carbocycles. The molecule has 2 N–H and O–H groups in total. The van der Waals surface area contributed by atoms with E-state index < -0.39 is 5.54 Å². The Hall–Kier alpha value is -1.35. The minimum Gasteiger partial charge on any atom is -0.337 e. The molecule has 17 heavy (non-hydrogen) atoms. The van der Waals surface area contributed by atoms with Crippen molar-refractivity contribution in [3.8, 4) is 0 Å². The summed E-state index contributed by atoms with van der Waals surface area (Å²) in [6, 6.07) is 8.26. The Labute approximate surface area is 103 Å². The molecule has 0 saturated heterocycles. The van der Waals surface area contributed by atoms with Gasteiger partial charge in [0.25, 0.3) is 0 Å². The summed E-state index contributed by atoms with van der Waals surface area (Å²) in [7, 11) is 0. The van der Waals surface area contributed by atoms with E-state index in [2.05, 4.69) is 25.1 Å². The van der Waals surface area contributed by atoms with E-state index in [1.807, 2.05) is 17.9 Å². The monoisotopic (exact) mass is 232 g/mol. The highest BCUT2D eigenvalue weighted by atomic mass is 16.2. The summed E-state index contributed by atoms with van der Waals surface area (Å²) < 4.78 is 0. The Bertz CT molecular complexity index is 424. The summed E-state index contributed by atoms with van der Waals surface area (Å²) >= 11 is 0. The van der Waals surface area contributed by atoms with E-state index in [0.717, 1.165) is 12.8 Å². The first-order valence-corrected chi connectivity index (χ1v) is 6.19. The molecule has 0 bridgehead atoms. The number of carbonyl (C=O) groups is 1. The van der Waals surface area contributed by atoms with Crippen molar-refractivity contribution >= 4 is 5.91 Å². The van der Waals surface area contributed by atoms with Crippen LogP contribution in [-0.4, -0.2) is 22.9 Å². The summed E-state index contributed by atoms with van der Waals surface area (Å²) in [5, 5.41) is 0. The van der Waals surface area contributed by atoms with Gasteiger partial charge in [-0.15, -0.1) is 0 Å². The molecule has 0 radical (unpaired) electrons. The van der Waals surface area contributed by atoms with Gasteiger partial charge in [0.15, 0.2) is 0 Å². The van der Waals surface area contributed by atoms with Crippen LogP contribution in [0.1, 0.15) is 30.9 Å². The predicted molar refractivity (Wildman–Crippen MR) is 68.4 cm³/mol. The number of rotatable bonds is 4. The molecule has 2 rings (SSSR count). The van der Waals surface area contributed by atoms with Gasteiger partial charge >= 0.3 is 0 Å². The molecule has 1 aliphatic rings. The number of amides is 1. The van der Waals surface area contributed by atoms with E-state index in [-0.39, 0.29) is 5.91 Å². The van der Waals surface area contributed by atoms with Gasteiger partial charge in [0.05, 0.1) is 5.54 Å². The second-order valence-electron chi connectivity index (χ2n) is 4.96. The van der Waals surface area contributed by atoms with Gasteiger partial charge in [-0.3, -0.25) is 4.79 Å². The van der Waals surface area contributed by atoms with Gasteiger partial charge in [0, 0.05) is 13.1 Å². The van der Waals surface area contributed by atoms with Crippen LogP contribution in [0.25, 0.3) is 0 Å². The van der Waals surface area contributed by atoms with Crippen LogP contribution in [0.5, 0.6) is 0 Å². The van der Waals surface area contributed by atoms with E-state index in [1.165, 1.54) is 11.1 Å². The number of benzene rings is 1. The normalized spacial score (nSPS) is 16.6. The van der Waals surface area contributed by atoms with Crippen molar-refractivity contribution in [1.82, 2.24) is 4.90 Å². The first-order chi connectivity index (χ1) is 8.05. The van der Waals surface area contributed by atoms with E-state index >= 15 is 0 Å². The van der Waals surface area contributed by atoms with Crippen LogP contribution in [0.2, 0.25) is 0 Å². The molecule has 3 heteroatoms. The van der Waals surface area contributed by atoms with Crippen LogP contribution < -0.4 is 5.73 Å². The minimum atomic E-state index is -0.556. The molecule has 0 aromatic heterocycles. The Kier molecular flexibility index (Phi) is 3.20. The average Bonchev–Trinajstić information content (AvgIpc) is 3.05. The minimum absolute atomic E-state index is 0.0986. The molecule has 1 aromatic carbocycles. The average molecular weight is 232 g/mol. The third-order valence-corrected chi connectivity index (χ3v) is 3.34. The van der Waals surface area contributed by atoms with Crippen LogP contribution in [0.3, 0.4) is 0 Å². The maximum Gasteiger partial charge on any atom is 0.242 e. The SMILES string of the molecule is CCN(Cc1cccc(C)c1)C(=O)C1(N)CC1. The molecule has 92 valence electrons. The van der Waals surface area contributed by atoms with Crippen LogP contribution in [0, 0.1) is 6.92 Å². The van der Waals surface area contributed by atoms with Crippen molar-refractivity contribution in [1.29, 1.82) is 0 Å². The van der Waals surface area contributed by atoms with Crippen LogP contribution in [0.15, 0.2) is 24.3 Å². The summed E-state index contributed by atoms with van der Waals surface area (Å²) in [5.41, 5.74) is 7.80. The lowest BCUT2D eigenvalue weighted by molar-refractivity contribution is -0.134. The molecule has 0 unspecified atom stereocenters.